The number of fused-ring (bicyclic) bond motifs is 3. The Bertz CT molecular complexity index is 1160. The van der Waals surface area contributed by atoms with E-state index < -0.39 is 5.97 Å². The number of benzene rings is 2. The summed E-state index contributed by atoms with van der Waals surface area (Å²) >= 11 is 0. The number of pyridine rings is 1. The predicted octanol–water partition coefficient (Wildman–Crippen LogP) is 3.18. The lowest BCUT2D eigenvalue weighted by Crippen LogP contribution is -2.45. The maximum Gasteiger partial charge on any atom is 0.338 e. The average molecular weight is 404 g/mol. The molecule has 0 aliphatic carbocycles. The molecule has 2 saturated heterocycles. The minimum Gasteiger partial charge on any atom is -0.478 e. The molecular weight excluding hydrogens is 380 g/mol. The van der Waals surface area contributed by atoms with Crippen molar-refractivity contribution in [2.45, 2.75) is 50.4 Å². The van der Waals surface area contributed by atoms with E-state index in [2.05, 4.69) is 4.90 Å². The number of hydrogen-bond donors (Lipinski definition) is 2. The highest BCUT2D eigenvalue weighted by Gasteiger charge is 2.41. The van der Waals surface area contributed by atoms with Crippen molar-refractivity contribution in [1.29, 1.82) is 0 Å². The minimum atomic E-state index is -1.03. The molecule has 6 nitrogen and oxygen atoms in total. The van der Waals surface area contributed by atoms with Gasteiger partial charge in [0.15, 0.2) is 0 Å². The van der Waals surface area contributed by atoms with Gasteiger partial charge in [0.2, 0.25) is 0 Å². The van der Waals surface area contributed by atoms with Crippen LogP contribution in [0, 0.1) is 0 Å². The van der Waals surface area contributed by atoms with Crippen molar-refractivity contribution < 1.29 is 15.0 Å². The van der Waals surface area contributed by atoms with Crippen LogP contribution in [-0.2, 0) is 6.54 Å². The summed E-state index contributed by atoms with van der Waals surface area (Å²) in [5.41, 5.74) is 1.14. The van der Waals surface area contributed by atoms with Gasteiger partial charge in [-0.3, -0.25) is 14.3 Å². The normalized spacial score (nSPS) is 23.7. The van der Waals surface area contributed by atoms with E-state index in [9.17, 15) is 19.8 Å². The first kappa shape index (κ1) is 19.0. The number of piperidine rings is 1. The van der Waals surface area contributed by atoms with Crippen LogP contribution in [0.4, 0.5) is 0 Å². The molecule has 3 heterocycles. The van der Waals surface area contributed by atoms with E-state index in [1.165, 1.54) is 0 Å². The van der Waals surface area contributed by atoms with Gasteiger partial charge in [-0.05, 0) is 43.9 Å². The summed E-state index contributed by atoms with van der Waals surface area (Å²) in [7, 11) is 0. The van der Waals surface area contributed by atoms with E-state index in [1.54, 1.807) is 28.8 Å². The Morgan fingerprint density at radius 3 is 2.17 bits per heavy atom. The molecule has 0 unspecified atom stereocenters. The van der Waals surface area contributed by atoms with E-state index in [0.29, 0.717) is 41.5 Å². The van der Waals surface area contributed by atoms with E-state index in [4.69, 9.17) is 0 Å². The van der Waals surface area contributed by atoms with Crippen LogP contribution in [0.15, 0.2) is 59.4 Å². The Labute approximate surface area is 174 Å². The number of nitrogens with zero attached hydrogens (tertiary/aromatic N) is 2. The van der Waals surface area contributed by atoms with Gasteiger partial charge in [0, 0.05) is 35.1 Å². The lowest BCUT2D eigenvalue weighted by Gasteiger charge is -2.37. The summed E-state index contributed by atoms with van der Waals surface area (Å²) in [5.74, 6) is -1.03. The van der Waals surface area contributed by atoms with Gasteiger partial charge in [0.05, 0.1) is 17.4 Å². The molecule has 0 radical (unpaired) electrons. The molecule has 3 atom stereocenters. The van der Waals surface area contributed by atoms with Gasteiger partial charge in [-0.1, -0.05) is 36.4 Å². The molecule has 0 spiro atoms. The van der Waals surface area contributed by atoms with Crippen molar-refractivity contribution in [3.8, 4) is 5.69 Å². The van der Waals surface area contributed by atoms with Crippen LogP contribution in [0.3, 0.4) is 0 Å². The van der Waals surface area contributed by atoms with Crippen LogP contribution in [0.5, 0.6) is 0 Å². The maximum absolute atomic E-state index is 13.5. The van der Waals surface area contributed by atoms with Crippen LogP contribution < -0.4 is 5.56 Å². The number of aliphatic hydroxyl groups excluding tert-OH is 1. The van der Waals surface area contributed by atoms with Crippen molar-refractivity contribution in [2.75, 3.05) is 0 Å². The Kier molecular flexibility index (Phi) is 4.68. The molecule has 3 aromatic rings. The molecule has 2 bridgehead atoms. The molecular formula is C24H24N2O4. The zero-order chi connectivity index (χ0) is 20.8. The number of carboxylic acid groups (broad SMARTS) is 1. The summed E-state index contributed by atoms with van der Waals surface area (Å²) in [6, 6.07) is 16.6. The van der Waals surface area contributed by atoms with Crippen LogP contribution in [0.1, 0.15) is 41.7 Å². The highest BCUT2D eigenvalue weighted by atomic mass is 16.4. The summed E-state index contributed by atoms with van der Waals surface area (Å²) in [5, 5.41) is 21.2. The lowest BCUT2D eigenvalue weighted by atomic mass is 9.97. The fourth-order valence-corrected chi connectivity index (χ4v) is 5.31. The Morgan fingerprint density at radius 1 is 0.933 bits per heavy atom. The van der Waals surface area contributed by atoms with Gasteiger partial charge >= 0.3 is 5.97 Å². The van der Waals surface area contributed by atoms with Crippen molar-refractivity contribution >= 4 is 16.7 Å². The second kappa shape index (κ2) is 7.38. The van der Waals surface area contributed by atoms with E-state index in [-0.39, 0.29) is 29.3 Å². The topological polar surface area (TPSA) is 82.8 Å². The molecule has 1 aromatic heterocycles. The third-order valence-electron chi connectivity index (χ3n) is 6.61. The standard InChI is InChI=1S/C24H24N2O4/c27-18-12-16-10-11-17(13-18)25(16)14-21-22(24(29)30)19-8-4-5-9-20(19)23(28)26(21)15-6-2-1-3-7-15/h1-9,16-18,27H,10-14H2,(H,29,30)/t16-,17+,18+. The number of carbonyl (C=O) groups is 1. The first-order valence-corrected chi connectivity index (χ1v) is 10.4. The van der Waals surface area contributed by atoms with Gasteiger partial charge < -0.3 is 10.2 Å². The van der Waals surface area contributed by atoms with E-state index in [0.717, 1.165) is 12.8 Å². The van der Waals surface area contributed by atoms with Crippen molar-refractivity contribution in [3.05, 3.63) is 76.2 Å². The predicted molar refractivity (Wildman–Crippen MR) is 114 cm³/mol. The second-order valence-corrected chi connectivity index (χ2v) is 8.33. The van der Waals surface area contributed by atoms with Crippen LogP contribution in [0.25, 0.3) is 16.5 Å². The molecule has 30 heavy (non-hydrogen) atoms. The largest absolute Gasteiger partial charge is 0.478 e. The summed E-state index contributed by atoms with van der Waals surface area (Å²) in [6.07, 6.45) is 3.08. The molecule has 2 aliphatic heterocycles. The third-order valence-corrected chi connectivity index (χ3v) is 6.61. The number of rotatable bonds is 4. The molecule has 154 valence electrons. The number of carboxylic acids is 1. The molecule has 2 aliphatic rings. The molecule has 6 heteroatoms. The first-order chi connectivity index (χ1) is 14.5. The Morgan fingerprint density at radius 2 is 1.53 bits per heavy atom. The van der Waals surface area contributed by atoms with Crippen molar-refractivity contribution in [3.63, 3.8) is 0 Å². The monoisotopic (exact) mass is 404 g/mol. The Balaban J connectivity index is 1.76. The van der Waals surface area contributed by atoms with Gasteiger partial charge in [-0.15, -0.1) is 0 Å². The molecule has 2 fully saturated rings. The average Bonchev–Trinajstić information content (AvgIpc) is 2.97. The molecule has 5 rings (SSSR count). The highest BCUT2D eigenvalue weighted by Crippen LogP contribution is 2.37. The molecule has 0 amide bonds. The van der Waals surface area contributed by atoms with Crippen molar-refractivity contribution in [2.24, 2.45) is 0 Å². The van der Waals surface area contributed by atoms with Crippen LogP contribution in [0.2, 0.25) is 0 Å². The van der Waals surface area contributed by atoms with Crippen LogP contribution >= 0.6 is 0 Å². The summed E-state index contributed by atoms with van der Waals surface area (Å²) in [6.45, 7) is 0.374. The van der Waals surface area contributed by atoms with Gasteiger partial charge in [-0.25, -0.2) is 4.79 Å². The minimum absolute atomic E-state index is 0.180. The van der Waals surface area contributed by atoms with E-state index in [1.807, 2.05) is 30.3 Å². The number of aliphatic hydroxyl groups is 1. The number of para-hydroxylation sites is 1. The van der Waals surface area contributed by atoms with Gasteiger partial charge in [0.25, 0.3) is 5.56 Å². The fourth-order valence-electron chi connectivity index (χ4n) is 5.31. The lowest BCUT2D eigenvalue weighted by molar-refractivity contribution is 0.0295. The third kappa shape index (κ3) is 3.04. The fraction of sp³-hybridized carbons (Fsp3) is 0.333. The molecule has 0 saturated carbocycles. The molecule has 2 aromatic carbocycles. The number of hydrogen-bond acceptors (Lipinski definition) is 4. The second-order valence-electron chi connectivity index (χ2n) is 8.33. The number of aromatic nitrogens is 1. The number of aromatic carboxylic acids is 1. The zero-order valence-electron chi connectivity index (χ0n) is 16.6. The first-order valence-electron chi connectivity index (χ1n) is 10.4. The SMILES string of the molecule is O=C(O)c1c(CN2[C@@H]3CC[C@H]2C[C@@H](O)C3)n(-c2ccccc2)c(=O)c2ccccc12. The highest BCUT2D eigenvalue weighted by molar-refractivity contribution is 6.04. The maximum atomic E-state index is 13.5. The van der Waals surface area contributed by atoms with Crippen molar-refractivity contribution in [1.82, 2.24) is 9.47 Å². The smallest absolute Gasteiger partial charge is 0.338 e. The van der Waals surface area contributed by atoms with Crippen LogP contribution in [-0.4, -0.2) is 43.8 Å². The van der Waals surface area contributed by atoms with E-state index >= 15 is 0 Å². The quantitative estimate of drug-likeness (QED) is 0.698. The summed E-state index contributed by atoms with van der Waals surface area (Å²) < 4.78 is 1.57. The Hall–Kier alpha value is -2.96. The zero-order valence-corrected chi connectivity index (χ0v) is 16.6. The van der Waals surface area contributed by atoms with Gasteiger partial charge in [-0.2, -0.15) is 0 Å². The molecule has 2 N–H and O–H groups in total. The van der Waals surface area contributed by atoms with Gasteiger partial charge in [0.1, 0.15) is 0 Å². The summed E-state index contributed by atoms with van der Waals surface area (Å²) in [4.78, 5) is 28.2.